The Morgan fingerprint density at radius 1 is 1.14 bits per heavy atom. The van der Waals surface area contributed by atoms with Gasteiger partial charge in [0.05, 0.1) is 0 Å². The van der Waals surface area contributed by atoms with E-state index in [0.29, 0.717) is 0 Å². The van der Waals surface area contributed by atoms with Crippen LogP contribution in [0.2, 0.25) is 0 Å². The maximum Gasteiger partial charge on any atom is 0.0455 e. The third-order valence-electron chi connectivity index (χ3n) is 3.60. The Bertz CT molecular complexity index is 608. The lowest BCUT2D eigenvalue weighted by Gasteiger charge is -2.28. The Hall–Kier alpha value is -1.32. The Kier molecular flexibility index (Phi) is 5.43. The number of hydrogen-bond acceptors (Lipinski definition) is 2. The van der Waals surface area contributed by atoms with Crippen molar-refractivity contribution in [2.24, 2.45) is 5.73 Å². The molecule has 0 aliphatic heterocycles. The minimum atomic E-state index is 0.153. The summed E-state index contributed by atoms with van der Waals surface area (Å²) >= 11 is 3.59. The average Bonchev–Trinajstić information content (AvgIpc) is 2.44. The van der Waals surface area contributed by atoms with E-state index in [1.165, 1.54) is 22.5 Å². The van der Waals surface area contributed by atoms with E-state index >= 15 is 0 Å². The highest BCUT2D eigenvalue weighted by molar-refractivity contribution is 9.10. The standard InChI is InChI=1S/C18H23BrN2/c1-4-21(17-8-6-5-7-13(17)2)18-12-16(19)10-9-15(18)11-14(3)20/h5-10,12,14H,4,11,20H2,1-3H3. The molecule has 0 amide bonds. The van der Waals surface area contributed by atoms with E-state index in [1.54, 1.807) is 0 Å². The summed E-state index contributed by atoms with van der Waals surface area (Å²) < 4.78 is 1.10. The highest BCUT2D eigenvalue weighted by Gasteiger charge is 2.14. The fourth-order valence-electron chi connectivity index (χ4n) is 2.64. The predicted molar refractivity (Wildman–Crippen MR) is 95.4 cm³/mol. The zero-order valence-electron chi connectivity index (χ0n) is 12.9. The second kappa shape index (κ2) is 7.10. The Balaban J connectivity index is 2.51. The van der Waals surface area contributed by atoms with Crippen LogP contribution in [0.4, 0.5) is 11.4 Å². The number of aryl methyl sites for hydroxylation is 1. The van der Waals surface area contributed by atoms with Crippen molar-refractivity contribution >= 4 is 27.3 Å². The monoisotopic (exact) mass is 346 g/mol. The molecule has 3 heteroatoms. The van der Waals surface area contributed by atoms with Gasteiger partial charge in [-0.3, -0.25) is 0 Å². The van der Waals surface area contributed by atoms with Crippen molar-refractivity contribution in [2.45, 2.75) is 33.2 Å². The molecule has 112 valence electrons. The van der Waals surface area contributed by atoms with Crippen LogP contribution in [0.5, 0.6) is 0 Å². The summed E-state index contributed by atoms with van der Waals surface area (Å²) in [6.07, 6.45) is 0.880. The SMILES string of the molecule is CCN(c1ccccc1C)c1cc(Br)ccc1CC(C)N. The molecule has 0 saturated carbocycles. The summed E-state index contributed by atoms with van der Waals surface area (Å²) in [5, 5.41) is 0. The van der Waals surface area contributed by atoms with Crippen LogP contribution in [0.1, 0.15) is 25.0 Å². The van der Waals surface area contributed by atoms with Crippen LogP contribution in [0, 0.1) is 6.92 Å². The van der Waals surface area contributed by atoms with Gasteiger partial charge >= 0.3 is 0 Å². The minimum Gasteiger partial charge on any atom is -0.341 e. The lowest BCUT2D eigenvalue weighted by molar-refractivity contribution is 0.736. The van der Waals surface area contributed by atoms with Gasteiger partial charge in [-0.05, 0) is 56.5 Å². The van der Waals surface area contributed by atoms with Gasteiger partial charge < -0.3 is 10.6 Å². The molecule has 2 N–H and O–H groups in total. The summed E-state index contributed by atoms with van der Waals surface area (Å²) in [7, 11) is 0. The van der Waals surface area contributed by atoms with Crippen molar-refractivity contribution in [2.75, 3.05) is 11.4 Å². The van der Waals surface area contributed by atoms with Gasteiger partial charge in [-0.25, -0.2) is 0 Å². The molecule has 2 nitrogen and oxygen atoms in total. The van der Waals surface area contributed by atoms with Gasteiger partial charge in [-0.15, -0.1) is 0 Å². The van der Waals surface area contributed by atoms with E-state index in [9.17, 15) is 0 Å². The van der Waals surface area contributed by atoms with Gasteiger partial charge in [0.15, 0.2) is 0 Å². The third-order valence-corrected chi connectivity index (χ3v) is 4.10. The first kappa shape index (κ1) is 16.1. The third kappa shape index (κ3) is 3.86. The van der Waals surface area contributed by atoms with Crippen LogP contribution in [0.3, 0.4) is 0 Å². The van der Waals surface area contributed by atoms with Crippen molar-refractivity contribution < 1.29 is 0 Å². The van der Waals surface area contributed by atoms with E-state index in [4.69, 9.17) is 5.73 Å². The van der Waals surface area contributed by atoms with Crippen molar-refractivity contribution in [3.05, 3.63) is 58.1 Å². The molecule has 0 aromatic heterocycles. The molecule has 0 aliphatic rings. The summed E-state index contributed by atoms with van der Waals surface area (Å²) in [6.45, 7) is 7.31. The normalized spacial score (nSPS) is 12.2. The molecule has 21 heavy (non-hydrogen) atoms. The van der Waals surface area contributed by atoms with E-state index < -0.39 is 0 Å². The Labute approximate surface area is 136 Å². The molecule has 0 bridgehead atoms. The van der Waals surface area contributed by atoms with Gasteiger partial charge in [0.25, 0.3) is 0 Å². The first-order valence-corrected chi connectivity index (χ1v) is 8.19. The molecule has 0 saturated heterocycles. The highest BCUT2D eigenvalue weighted by Crippen LogP contribution is 2.33. The maximum absolute atomic E-state index is 6.01. The van der Waals surface area contributed by atoms with Crippen molar-refractivity contribution in [3.8, 4) is 0 Å². The molecule has 0 aliphatic carbocycles. The number of anilines is 2. The van der Waals surface area contributed by atoms with Crippen LogP contribution < -0.4 is 10.6 Å². The summed E-state index contributed by atoms with van der Waals surface area (Å²) in [5.74, 6) is 0. The fourth-order valence-corrected chi connectivity index (χ4v) is 2.99. The van der Waals surface area contributed by atoms with Gasteiger partial charge in [-0.2, -0.15) is 0 Å². The smallest absolute Gasteiger partial charge is 0.0455 e. The minimum absolute atomic E-state index is 0.153. The number of benzene rings is 2. The molecule has 0 fully saturated rings. The summed E-state index contributed by atoms with van der Waals surface area (Å²) in [4.78, 5) is 2.36. The maximum atomic E-state index is 6.01. The second-order valence-corrected chi connectivity index (χ2v) is 6.40. The lowest BCUT2D eigenvalue weighted by Crippen LogP contribution is -2.22. The molecular weight excluding hydrogens is 324 g/mol. The quantitative estimate of drug-likeness (QED) is 0.841. The van der Waals surface area contributed by atoms with Gasteiger partial charge in [0.2, 0.25) is 0 Å². The predicted octanol–water partition coefficient (Wildman–Crippen LogP) is 4.81. The molecule has 2 aromatic carbocycles. The number of para-hydroxylation sites is 1. The van der Waals surface area contributed by atoms with Crippen LogP contribution in [-0.4, -0.2) is 12.6 Å². The van der Waals surface area contributed by atoms with Crippen LogP contribution in [-0.2, 0) is 6.42 Å². The van der Waals surface area contributed by atoms with Crippen molar-refractivity contribution in [1.82, 2.24) is 0 Å². The van der Waals surface area contributed by atoms with Gasteiger partial charge in [0.1, 0.15) is 0 Å². The second-order valence-electron chi connectivity index (χ2n) is 5.49. The molecule has 1 unspecified atom stereocenters. The van der Waals surface area contributed by atoms with Crippen LogP contribution >= 0.6 is 15.9 Å². The summed E-state index contributed by atoms with van der Waals surface area (Å²) in [6, 6.07) is 15.1. The molecule has 2 aromatic rings. The molecule has 0 spiro atoms. The number of nitrogens with zero attached hydrogens (tertiary/aromatic N) is 1. The zero-order valence-corrected chi connectivity index (χ0v) is 14.5. The first-order valence-electron chi connectivity index (χ1n) is 7.40. The van der Waals surface area contributed by atoms with Gasteiger partial charge in [-0.1, -0.05) is 40.2 Å². The first-order chi connectivity index (χ1) is 10.0. The van der Waals surface area contributed by atoms with Crippen LogP contribution in [0.15, 0.2) is 46.9 Å². The largest absolute Gasteiger partial charge is 0.341 e. The van der Waals surface area contributed by atoms with E-state index in [0.717, 1.165) is 17.4 Å². The Morgan fingerprint density at radius 3 is 2.48 bits per heavy atom. The average molecular weight is 347 g/mol. The fraction of sp³-hybridized carbons (Fsp3) is 0.333. The summed E-state index contributed by atoms with van der Waals surface area (Å²) in [5.41, 5.74) is 11.1. The zero-order chi connectivity index (χ0) is 15.4. The molecule has 1 atom stereocenters. The number of nitrogens with two attached hydrogens (primary N) is 1. The van der Waals surface area contributed by atoms with Gasteiger partial charge in [0, 0.05) is 28.4 Å². The molecule has 0 radical (unpaired) electrons. The van der Waals surface area contributed by atoms with Crippen LogP contribution in [0.25, 0.3) is 0 Å². The Morgan fingerprint density at radius 2 is 1.86 bits per heavy atom. The topological polar surface area (TPSA) is 29.3 Å². The van der Waals surface area contributed by atoms with E-state index in [1.807, 2.05) is 0 Å². The lowest BCUT2D eigenvalue weighted by atomic mass is 10.0. The van der Waals surface area contributed by atoms with Crippen molar-refractivity contribution in [1.29, 1.82) is 0 Å². The highest BCUT2D eigenvalue weighted by atomic mass is 79.9. The number of halogens is 1. The van der Waals surface area contributed by atoms with E-state index in [-0.39, 0.29) is 6.04 Å². The number of rotatable bonds is 5. The van der Waals surface area contributed by atoms with Crippen molar-refractivity contribution in [3.63, 3.8) is 0 Å². The van der Waals surface area contributed by atoms with E-state index in [2.05, 4.69) is 84.1 Å². The number of hydrogen-bond donors (Lipinski definition) is 1. The molecular formula is C18H23BrN2. The molecule has 0 heterocycles. The molecule has 2 rings (SSSR count).